The maximum atomic E-state index is 9.26. The number of rotatable bonds is 2. The van der Waals surface area contributed by atoms with Gasteiger partial charge in [0.2, 0.25) is 5.95 Å². The highest BCUT2D eigenvalue weighted by Crippen LogP contribution is 2.21. The van der Waals surface area contributed by atoms with E-state index in [9.17, 15) is 5.11 Å². The second kappa shape index (κ2) is 4.90. The number of hydrogen-bond donors (Lipinski definition) is 1. The topological polar surface area (TPSA) is 49.2 Å². The van der Waals surface area contributed by atoms with Crippen molar-refractivity contribution in [3.8, 4) is 0 Å². The molecule has 1 aromatic carbocycles. The molecule has 0 radical (unpaired) electrons. The maximum Gasteiger partial charge on any atom is 0.225 e. The third-order valence-corrected chi connectivity index (χ3v) is 3.54. The van der Waals surface area contributed by atoms with Crippen molar-refractivity contribution in [2.24, 2.45) is 5.92 Å². The first-order valence-corrected chi connectivity index (χ1v) is 6.44. The molecule has 0 bridgehead atoms. The Balaban J connectivity index is 1.89. The molecule has 0 saturated carbocycles. The van der Waals surface area contributed by atoms with Crippen molar-refractivity contribution in [1.82, 2.24) is 9.97 Å². The van der Waals surface area contributed by atoms with E-state index in [1.165, 1.54) is 0 Å². The molecule has 1 aliphatic heterocycles. The molecule has 1 atom stereocenters. The largest absolute Gasteiger partial charge is 0.396 e. The molecule has 4 heteroatoms. The summed E-state index contributed by atoms with van der Waals surface area (Å²) in [6.45, 7) is 2.09. The van der Waals surface area contributed by atoms with Gasteiger partial charge in [0.1, 0.15) is 0 Å². The Morgan fingerprint density at radius 1 is 1.33 bits per heavy atom. The average Bonchev–Trinajstić information content (AvgIpc) is 2.47. The van der Waals surface area contributed by atoms with Gasteiger partial charge in [0.25, 0.3) is 0 Å². The van der Waals surface area contributed by atoms with Gasteiger partial charge in [-0.05, 0) is 24.8 Å². The van der Waals surface area contributed by atoms with Crippen LogP contribution in [0, 0.1) is 5.92 Å². The number of benzene rings is 1. The molecule has 18 heavy (non-hydrogen) atoms. The first kappa shape index (κ1) is 11.4. The lowest BCUT2D eigenvalue weighted by molar-refractivity contribution is 0.208. The fraction of sp³-hybridized carbons (Fsp3) is 0.429. The number of anilines is 1. The molecule has 1 aromatic heterocycles. The minimum atomic E-state index is 0.254. The maximum absolute atomic E-state index is 9.26. The van der Waals surface area contributed by atoms with Crippen LogP contribution < -0.4 is 4.90 Å². The van der Waals surface area contributed by atoms with Crippen LogP contribution in [0.4, 0.5) is 5.95 Å². The first-order chi connectivity index (χ1) is 8.86. The van der Waals surface area contributed by atoms with Gasteiger partial charge >= 0.3 is 0 Å². The summed E-state index contributed by atoms with van der Waals surface area (Å²) in [6, 6.07) is 8.01. The van der Waals surface area contributed by atoms with Crippen molar-refractivity contribution in [2.45, 2.75) is 12.8 Å². The molecular formula is C14H17N3O. The molecule has 0 amide bonds. The second-order valence-electron chi connectivity index (χ2n) is 4.87. The number of para-hydroxylation sites is 1. The zero-order chi connectivity index (χ0) is 12.4. The van der Waals surface area contributed by atoms with Gasteiger partial charge in [-0.1, -0.05) is 18.2 Å². The van der Waals surface area contributed by atoms with Crippen LogP contribution in [0.3, 0.4) is 0 Å². The summed E-state index contributed by atoms with van der Waals surface area (Å²) in [6.07, 6.45) is 4.07. The summed E-state index contributed by atoms with van der Waals surface area (Å²) in [7, 11) is 0. The van der Waals surface area contributed by atoms with Gasteiger partial charge in [-0.2, -0.15) is 0 Å². The van der Waals surface area contributed by atoms with Crippen molar-refractivity contribution >= 4 is 16.9 Å². The van der Waals surface area contributed by atoms with Crippen LogP contribution in [0.5, 0.6) is 0 Å². The minimum absolute atomic E-state index is 0.254. The van der Waals surface area contributed by atoms with Crippen LogP contribution in [0.1, 0.15) is 12.8 Å². The SMILES string of the molecule is OCC1CCCN(c2ncc3ccccc3n2)C1. The summed E-state index contributed by atoms with van der Waals surface area (Å²) in [4.78, 5) is 11.2. The molecule has 3 rings (SSSR count). The van der Waals surface area contributed by atoms with Gasteiger partial charge in [0.05, 0.1) is 5.52 Å². The Hall–Kier alpha value is -1.68. The fourth-order valence-electron chi connectivity index (χ4n) is 2.51. The van der Waals surface area contributed by atoms with Crippen LogP contribution in [0.2, 0.25) is 0 Å². The Morgan fingerprint density at radius 2 is 2.22 bits per heavy atom. The van der Waals surface area contributed by atoms with Gasteiger partial charge in [0.15, 0.2) is 0 Å². The summed E-state index contributed by atoms with van der Waals surface area (Å²) < 4.78 is 0. The van der Waals surface area contributed by atoms with Crippen LogP contribution in [0.25, 0.3) is 10.9 Å². The van der Waals surface area contributed by atoms with Gasteiger partial charge in [-0.3, -0.25) is 0 Å². The van der Waals surface area contributed by atoms with E-state index in [-0.39, 0.29) is 6.61 Å². The van der Waals surface area contributed by atoms with E-state index in [1.807, 2.05) is 30.5 Å². The summed E-state index contributed by atoms with van der Waals surface area (Å²) in [5.41, 5.74) is 0.980. The molecule has 2 aromatic rings. The predicted molar refractivity (Wildman–Crippen MR) is 71.6 cm³/mol. The fourth-order valence-corrected chi connectivity index (χ4v) is 2.51. The number of nitrogens with zero attached hydrogens (tertiary/aromatic N) is 3. The highest BCUT2D eigenvalue weighted by Gasteiger charge is 2.21. The van der Waals surface area contributed by atoms with E-state index in [2.05, 4.69) is 14.9 Å². The third-order valence-electron chi connectivity index (χ3n) is 3.54. The van der Waals surface area contributed by atoms with Crippen LogP contribution >= 0.6 is 0 Å². The zero-order valence-electron chi connectivity index (χ0n) is 10.3. The normalized spacial score (nSPS) is 20.3. The minimum Gasteiger partial charge on any atom is -0.396 e. The van der Waals surface area contributed by atoms with Gasteiger partial charge in [-0.15, -0.1) is 0 Å². The van der Waals surface area contributed by atoms with Crippen molar-refractivity contribution in [2.75, 3.05) is 24.6 Å². The highest BCUT2D eigenvalue weighted by atomic mass is 16.3. The van der Waals surface area contributed by atoms with Crippen molar-refractivity contribution in [3.63, 3.8) is 0 Å². The monoisotopic (exact) mass is 243 g/mol. The molecule has 1 N–H and O–H groups in total. The number of aliphatic hydroxyl groups is 1. The lowest BCUT2D eigenvalue weighted by Gasteiger charge is -2.31. The number of fused-ring (bicyclic) bond motifs is 1. The van der Waals surface area contributed by atoms with E-state index in [0.717, 1.165) is 42.8 Å². The molecule has 4 nitrogen and oxygen atoms in total. The molecular weight excluding hydrogens is 226 g/mol. The van der Waals surface area contributed by atoms with Crippen LogP contribution in [-0.4, -0.2) is 34.8 Å². The van der Waals surface area contributed by atoms with E-state index in [4.69, 9.17) is 0 Å². The smallest absolute Gasteiger partial charge is 0.225 e. The van der Waals surface area contributed by atoms with Crippen LogP contribution in [0.15, 0.2) is 30.5 Å². The Morgan fingerprint density at radius 3 is 3.11 bits per heavy atom. The lowest BCUT2D eigenvalue weighted by atomic mass is 9.99. The van der Waals surface area contributed by atoms with Crippen molar-refractivity contribution in [1.29, 1.82) is 0 Å². The van der Waals surface area contributed by atoms with Crippen LogP contribution in [-0.2, 0) is 0 Å². The van der Waals surface area contributed by atoms with Crippen molar-refractivity contribution < 1.29 is 5.11 Å². The predicted octanol–water partition coefficient (Wildman–Crippen LogP) is 1.84. The summed E-state index contributed by atoms with van der Waals surface area (Å²) >= 11 is 0. The van der Waals surface area contributed by atoms with E-state index in [1.54, 1.807) is 0 Å². The molecule has 94 valence electrons. The van der Waals surface area contributed by atoms with Gasteiger partial charge < -0.3 is 10.0 Å². The number of aromatic nitrogens is 2. The highest BCUT2D eigenvalue weighted by molar-refractivity contribution is 5.78. The standard InChI is InChI=1S/C14H17N3O/c18-10-11-4-3-7-17(9-11)14-15-8-12-5-1-2-6-13(12)16-14/h1-2,5-6,8,11,18H,3-4,7,9-10H2. The lowest BCUT2D eigenvalue weighted by Crippen LogP contribution is -2.37. The molecule has 1 saturated heterocycles. The van der Waals surface area contributed by atoms with Gasteiger partial charge in [-0.25, -0.2) is 9.97 Å². The van der Waals surface area contributed by atoms with E-state index >= 15 is 0 Å². The molecule has 0 spiro atoms. The molecule has 0 aliphatic carbocycles. The number of aliphatic hydroxyl groups excluding tert-OH is 1. The Kier molecular flexibility index (Phi) is 3.11. The van der Waals surface area contributed by atoms with Gasteiger partial charge in [0, 0.05) is 31.3 Å². The quantitative estimate of drug-likeness (QED) is 0.874. The molecule has 1 unspecified atom stereocenters. The average molecular weight is 243 g/mol. The molecule has 1 aliphatic rings. The summed E-state index contributed by atoms with van der Waals surface area (Å²) in [5, 5.41) is 10.3. The third kappa shape index (κ3) is 2.16. The number of piperidine rings is 1. The van der Waals surface area contributed by atoms with Crippen molar-refractivity contribution in [3.05, 3.63) is 30.5 Å². The molecule has 1 fully saturated rings. The zero-order valence-corrected chi connectivity index (χ0v) is 10.3. The number of hydrogen-bond acceptors (Lipinski definition) is 4. The molecule has 2 heterocycles. The van der Waals surface area contributed by atoms with E-state index < -0.39 is 0 Å². The first-order valence-electron chi connectivity index (χ1n) is 6.44. The summed E-state index contributed by atoms with van der Waals surface area (Å²) in [5.74, 6) is 1.14. The second-order valence-corrected chi connectivity index (χ2v) is 4.87. The van der Waals surface area contributed by atoms with E-state index in [0.29, 0.717) is 5.92 Å². The Labute approximate surface area is 106 Å². The Bertz CT molecular complexity index is 543.